The fraction of sp³-hybridized carbons (Fsp3) is 0.917. The Morgan fingerprint density at radius 1 is 0.765 bits per heavy atom. The van der Waals surface area contributed by atoms with Crippen molar-refractivity contribution in [2.75, 3.05) is 53.4 Å². The van der Waals surface area contributed by atoms with Gasteiger partial charge >= 0.3 is 0 Å². The maximum Gasteiger partial charge on any atom is 0.0701 e. The Kier molecular flexibility index (Phi) is 14.7. The second kappa shape index (κ2) is 15.3. The molecule has 0 saturated heterocycles. The molecule has 0 amide bonds. The number of rotatable bonds is 13. The van der Waals surface area contributed by atoms with Gasteiger partial charge in [0, 0.05) is 20.1 Å². The van der Waals surface area contributed by atoms with Crippen LogP contribution in [-0.2, 0) is 18.9 Å². The molecule has 0 unspecified atom stereocenters. The van der Waals surface area contributed by atoms with Crippen molar-refractivity contribution < 1.29 is 18.9 Å². The Morgan fingerprint density at radius 2 is 1.29 bits per heavy atom. The van der Waals surface area contributed by atoms with Crippen molar-refractivity contribution in [2.45, 2.75) is 19.3 Å². The van der Waals surface area contributed by atoms with Crippen molar-refractivity contribution in [3.63, 3.8) is 0 Å². The first-order valence-electron chi connectivity index (χ1n) is 6.01. The maximum atomic E-state index is 8.31. The lowest BCUT2D eigenvalue weighted by Crippen LogP contribution is -2.11. The summed E-state index contributed by atoms with van der Waals surface area (Å²) >= 11 is 0. The second-order valence-corrected chi connectivity index (χ2v) is 3.45. The predicted molar refractivity (Wildman–Crippen MR) is 63.8 cm³/mol. The average Bonchev–Trinajstić information content (AvgIpc) is 2.35. The van der Waals surface area contributed by atoms with Gasteiger partial charge in [0.15, 0.2) is 0 Å². The fourth-order valence-corrected chi connectivity index (χ4v) is 1.09. The third-order valence-electron chi connectivity index (χ3n) is 2.00. The zero-order valence-corrected chi connectivity index (χ0v) is 10.7. The minimum absolute atomic E-state index is 0.585. The zero-order valence-electron chi connectivity index (χ0n) is 10.7. The highest BCUT2D eigenvalue weighted by Gasteiger charge is 1.92. The standard InChI is InChI=1S/C12H23NO4/c1-14-7-8-16-11-12-17-10-9-15-6-4-2-3-5-13/h2-4,6-12H2,1H3. The van der Waals surface area contributed by atoms with Crippen LogP contribution in [0.2, 0.25) is 0 Å². The van der Waals surface area contributed by atoms with Gasteiger partial charge < -0.3 is 18.9 Å². The van der Waals surface area contributed by atoms with Gasteiger partial charge in [0.05, 0.1) is 45.7 Å². The van der Waals surface area contributed by atoms with Crippen molar-refractivity contribution >= 4 is 0 Å². The van der Waals surface area contributed by atoms with E-state index in [2.05, 4.69) is 6.07 Å². The topological polar surface area (TPSA) is 60.7 Å². The smallest absolute Gasteiger partial charge is 0.0701 e. The number of hydrogen-bond acceptors (Lipinski definition) is 5. The van der Waals surface area contributed by atoms with Crippen LogP contribution in [0.1, 0.15) is 19.3 Å². The SMILES string of the molecule is COCCOCCOCCOCCCCC#N. The first-order valence-corrected chi connectivity index (χ1v) is 6.01. The molecule has 0 rings (SSSR count). The van der Waals surface area contributed by atoms with Crippen molar-refractivity contribution in [3.05, 3.63) is 0 Å². The highest BCUT2D eigenvalue weighted by molar-refractivity contribution is 4.67. The lowest BCUT2D eigenvalue weighted by molar-refractivity contribution is 0.00330. The Bertz CT molecular complexity index is 182. The van der Waals surface area contributed by atoms with Crippen LogP contribution < -0.4 is 0 Å². The minimum Gasteiger partial charge on any atom is -0.382 e. The van der Waals surface area contributed by atoms with Gasteiger partial charge in [-0.15, -0.1) is 0 Å². The van der Waals surface area contributed by atoms with Crippen LogP contribution in [0.5, 0.6) is 0 Å². The second-order valence-electron chi connectivity index (χ2n) is 3.45. The molecule has 0 aromatic heterocycles. The Hall–Kier alpha value is -0.670. The highest BCUT2D eigenvalue weighted by Crippen LogP contribution is 1.93. The van der Waals surface area contributed by atoms with Crippen LogP contribution in [0.4, 0.5) is 0 Å². The third kappa shape index (κ3) is 15.3. The molecule has 0 heterocycles. The molecule has 0 aliphatic carbocycles. The largest absolute Gasteiger partial charge is 0.382 e. The van der Waals surface area contributed by atoms with Gasteiger partial charge in [0.2, 0.25) is 0 Å². The van der Waals surface area contributed by atoms with Crippen molar-refractivity contribution in [1.29, 1.82) is 5.26 Å². The molecule has 0 atom stereocenters. The summed E-state index contributed by atoms with van der Waals surface area (Å²) in [6.45, 7) is 4.29. The molecule has 0 saturated carbocycles. The van der Waals surface area contributed by atoms with E-state index in [1.165, 1.54) is 0 Å². The van der Waals surface area contributed by atoms with Crippen LogP contribution in [0.25, 0.3) is 0 Å². The van der Waals surface area contributed by atoms with Crippen LogP contribution in [0, 0.1) is 11.3 Å². The summed E-state index contributed by atoms with van der Waals surface area (Å²) in [5, 5.41) is 8.31. The summed E-state index contributed by atoms with van der Waals surface area (Å²) in [6, 6.07) is 2.10. The first kappa shape index (κ1) is 16.3. The van der Waals surface area contributed by atoms with Crippen molar-refractivity contribution in [2.24, 2.45) is 0 Å². The van der Waals surface area contributed by atoms with Gasteiger partial charge in [-0.05, 0) is 12.8 Å². The van der Waals surface area contributed by atoms with Gasteiger partial charge in [-0.2, -0.15) is 5.26 Å². The van der Waals surface area contributed by atoms with Crippen molar-refractivity contribution in [3.8, 4) is 6.07 Å². The Labute approximate surface area is 104 Å². The third-order valence-corrected chi connectivity index (χ3v) is 2.00. The molecule has 5 heteroatoms. The van der Waals surface area contributed by atoms with Crippen LogP contribution in [0.15, 0.2) is 0 Å². The number of unbranched alkanes of at least 4 members (excludes halogenated alkanes) is 2. The summed E-state index contributed by atoms with van der Waals surface area (Å²) in [5.74, 6) is 0. The van der Waals surface area contributed by atoms with E-state index in [9.17, 15) is 0 Å². The molecule has 0 N–H and O–H groups in total. The molecule has 0 spiro atoms. The molecule has 0 aliphatic heterocycles. The molecule has 0 bridgehead atoms. The van der Waals surface area contributed by atoms with E-state index in [1.807, 2.05) is 0 Å². The van der Waals surface area contributed by atoms with Crippen molar-refractivity contribution in [1.82, 2.24) is 0 Å². The van der Waals surface area contributed by atoms with Gasteiger partial charge in [-0.3, -0.25) is 0 Å². The van der Waals surface area contributed by atoms with Crippen LogP contribution in [0.3, 0.4) is 0 Å². The monoisotopic (exact) mass is 245 g/mol. The predicted octanol–water partition coefficient (Wildman–Crippen LogP) is 1.38. The van der Waals surface area contributed by atoms with Gasteiger partial charge in [0.25, 0.3) is 0 Å². The number of nitriles is 1. The van der Waals surface area contributed by atoms with Crippen LogP contribution >= 0.6 is 0 Å². The number of hydrogen-bond donors (Lipinski definition) is 0. The summed E-state index contributed by atoms with van der Waals surface area (Å²) in [5.41, 5.74) is 0. The average molecular weight is 245 g/mol. The minimum atomic E-state index is 0.585. The normalized spacial score (nSPS) is 10.4. The molecular formula is C12H23NO4. The van der Waals surface area contributed by atoms with Crippen LogP contribution in [-0.4, -0.2) is 53.4 Å². The molecule has 0 aromatic rings. The quantitative estimate of drug-likeness (QED) is 0.459. The fourth-order valence-electron chi connectivity index (χ4n) is 1.09. The maximum absolute atomic E-state index is 8.31. The Balaban J connectivity index is 2.87. The molecular weight excluding hydrogens is 222 g/mol. The van der Waals surface area contributed by atoms with E-state index in [-0.39, 0.29) is 0 Å². The lowest BCUT2D eigenvalue weighted by Gasteiger charge is -2.06. The molecule has 0 fully saturated rings. The molecule has 0 aromatic carbocycles. The summed E-state index contributed by atoms with van der Waals surface area (Å²) in [6.07, 6.45) is 2.46. The molecule has 5 nitrogen and oxygen atoms in total. The van der Waals surface area contributed by atoms with E-state index in [0.717, 1.165) is 12.8 Å². The van der Waals surface area contributed by atoms with E-state index < -0.39 is 0 Å². The Morgan fingerprint density at radius 3 is 1.82 bits per heavy atom. The van der Waals surface area contributed by atoms with E-state index in [0.29, 0.717) is 52.7 Å². The van der Waals surface area contributed by atoms with Gasteiger partial charge in [-0.25, -0.2) is 0 Å². The highest BCUT2D eigenvalue weighted by atomic mass is 16.6. The molecule has 17 heavy (non-hydrogen) atoms. The number of methoxy groups -OCH3 is 1. The summed E-state index contributed by atoms with van der Waals surface area (Å²) in [7, 11) is 1.65. The summed E-state index contributed by atoms with van der Waals surface area (Å²) < 4.78 is 20.7. The number of ether oxygens (including phenoxy) is 4. The molecule has 100 valence electrons. The summed E-state index contributed by atoms with van der Waals surface area (Å²) in [4.78, 5) is 0. The lowest BCUT2D eigenvalue weighted by atomic mass is 10.3. The number of nitrogens with zero attached hydrogens (tertiary/aromatic N) is 1. The van der Waals surface area contributed by atoms with Gasteiger partial charge in [-0.1, -0.05) is 0 Å². The van der Waals surface area contributed by atoms with Gasteiger partial charge in [0.1, 0.15) is 0 Å². The zero-order chi connectivity index (χ0) is 12.6. The molecule has 0 aliphatic rings. The van der Waals surface area contributed by atoms with E-state index >= 15 is 0 Å². The van der Waals surface area contributed by atoms with E-state index in [4.69, 9.17) is 24.2 Å². The van der Waals surface area contributed by atoms with E-state index in [1.54, 1.807) is 7.11 Å². The first-order chi connectivity index (χ1) is 8.41. The molecule has 0 radical (unpaired) electrons.